The van der Waals surface area contributed by atoms with E-state index >= 15 is 0 Å². The van der Waals surface area contributed by atoms with E-state index in [1.165, 1.54) is 16.7 Å². The molecule has 1 aliphatic heterocycles. The number of hydrogen-bond acceptors (Lipinski definition) is 4. The van der Waals surface area contributed by atoms with Crippen molar-refractivity contribution in [3.8, 4) is 0 Å². The first-order chi connectivity index (χ1) is 11.4. The summed E-state index contributed by atoms with van der Waals surface area (Å²) in [7, 11) is 3.37. The number of hydrogen-bond donors (Lipinski definition) is 2. The monoisotopic (exact) mass is 331 g/mol. The van der Waals surface area contributed by atoms with Crippen LogP contribution in [-0.2, 0) is 11.8 Å². The molecule has 0 bridgehead atoms. The average molecular weight is 331 g/mol. The summed E-state index contributed by atoms with van der Waals surface area (Å²) < 4.78 is 6.78. The molecule has 3 atom stereocenters. The van der Waals surface area contributed by atoms with Gasteiger partial charge in [-0.15, -0.1) is 0 Å². The van der Waals surface area contributed by atoms with E-state index in [0.717, 1.165) is 30.0 Å². The van der Waals surface area contributed by atoms with Gasteiger partial charge in [-0.25, -0.2) is 4.79 Å². The first-order valence-corrected chi connectivity index (χ1v) is 8.39. The molecule has 1 fully saturated rings. The van der Waals surface area contributed by atoms with Crippen molar-refractivity contribution in [3.05, 3.63) is 40.6 Å². The third kappa shape index (κ3) is 2.81. The highest BCUT2D eigenvalue weighted by molar-refractivity contribution is 5.85. The minimum absolute atomic E-state index is 0.0665. The Hall–Kier alpha value is -2.24. The molecule has 1 saturated carbocycles. The van der Waals surface area contributed by atoms with E-state index < -0.39 is 5.97 Å². The summed E-state index contributed by atoms with van der Waals surface area (Å²) in [6.45, 7) is 4.05. The second-order valence-electron chi connectivity index (χ2n) is 6.75. The smallest absolute Gasteiger partial charge is 0.354 e. The van der Waals surface area contributed by atoms with Gasteiger partial charge in [-0.05, 0) is 56.2 Å². The zero-order valence-electron chi connectivity index (χ0n) is 14.7. The minimum atomic E-state index is -0.943. The third-order valence-electron chi connectivity index (χ3n) is 5.32. The lowest BCUT2D eigenvalue weighted by molar-refractivity contribution is 0.0685. The number of ether oxygens (including phenoxy) is 1. The van der Waals surface area contributed by atoms with Crippen LogP contribution in [0.25, 0.3) is 0 Å². The van der Waals surface area contributed by atoms with Gasteiger partial charge in [0.25, 0.3) is 0 Å². The summed E-state index contributed by atoms with van der Waals surface area (Å²) in [5.41, 5.74) is 3.48. The van der Waals surface area contributed by atoms with Crippen molar-refractivity contribution < 1.29 is 14.6 Å². The standard InChI is InChI=1S/C18H25N3O3/c1-10(24-4)8-14-11(2)19-17(13-7-5-6-12(13)14)15-9-16(18(22)23)21(3)20-15/h8-9,12-13,17,19H,5-7H2,1-4H3,(H,22,23)/b10-8+/t12-,13+,17-/m1/s1. The van der Waals surface area contributed by atoms with Crippen LogP contribution in [-0.4, -0.2) is 28.0 Å². The second-order valence-corrected chi connectivity index (χ2v) is 6.75. The van der Waals surface area contributed by atoms with Crippen molar-refractivity contribution in [3.63, 3.8) is 0 Å². The first kappa shape index (κ1) is 16.6. The molecule has 2 N–H and O–H groups in total. The van der Waals surface area contributed by atoms with Crippen LogP contribution in [0.5, 0.6) is 0 Å². The van der Waals surface area contributed by atoms with Gasteiger partial charge in [0.15, 0.2) is 0 Å². The van der Waals surface area contributed by atoms with E-state index in [0.29, 0.717) is 11.8 Å². The molecular formula is C18H25N3O3. The number of carboxylic acid groups (broad SMARTS) is 1. The van der Waals surface area contributed by atoms with Crippen LogP contribution in [0.2, 0.25) is 0 Å². The highest BCUT2D eigenvalue weighted by Gasteiger charge is 2.41. The topological polar surface area (TPSA) is 76.4 Å². The molecule has 1 aliphatic carbocycles. The third-order valence-corrected chi connectivity index (χ3v) is 5.32. The minimum Gasteiger partial charge on any atom is -0.501 e. The van der Waals surface area contributed by atoms with Gasteiger partial charge in [-0.2, -0.15) is 5.10 Å². The molecule has 1 aromatic rings. The van der Waals surface area contributed by atoms with Crippen molar-refractivity contribution in [2.75, 3.05) is 7.11 Å². The molecule has 130 valence electrons. The fraction of sp³-hybridized carbons (Fsp3) is 0.556. The Bertz CT molecular complexity index is 717. The lowest BCUT2D eigenvalue weighted by Gasteiger charge is -2.36. The van der Waals surface area contributed by atoms with E-state index in [2.05, 4.69) is 23.4 Å². The van der Waals surface area contributed by atoms with Gasteiger partial charge in [0, 0.05) is 12.7 Å². The molecule has 6 nitrogen and oxygen atoms in total. The molecule has 2 heterocycles. The van der Waals surface area contributed by atoms with E-state index in [4.69, 9.17) is 4.74 Å². The number of aryl methyl sites for hydroxylation is 1. The van der Waals surface area contributed by atoms with Crippen molar-refractivity contribution >= 4 is 5.97 Å². The molecule has 6 heteroatoms. The maximum atomic E-state index is 11.3. The Morgan fingerprint density at radius 3 is 2.88 bits per heavy atom. The number of nitrogens with zero attached hydrogens (tertiary/aromatic N) is 2. The number of allylic oxidation sites excluding steroid dienone is 4. The molecule has 0 amide bonds. The molecule has 24 heavy (non-hydrogen) atoms. The van der Waals surface area contributed by atoms with E-state index in [9.17, 15) is 9.90 Å². The molecule has 0 radical (unpaired) electrons. The highest BCUT2D eigenvalue weighted by Crippen LogP contribution is 2.48. The van der Waals surface area contributed by atoms with Crippen LogP contribution < -0.4 is 5.32 Å². The molecule has 1 aromatic heterocycles. The zero-order valence-corrected chi connectivity index (χ0v) is 14.7. The largest absolute Gasteiger partial charge is 0.501 e. The van der Waals surface area contributed by atoms with Crippen LogP contribution in [0, 0.1) is 11.8 Å². The van der Waals surface area contributed by atoms with Crippen molar-refractivity contribution in [1.29, 1.82) is 0 Å². The summed E-state index contributed by atoms with van der Waals surface area (Å²) in [5.74, 6) is 0.862. The predicted octanol–water partition coefficient (Wildman–Crippen LogP) is 3.00. The quantitative estimate of drug-likeness (QED) is 0.830. The number of rotatable bonds is 4. The van der Waals surface area contributed by atoms with Crippen LogP contribution >= 0.6 is 0 Å². The maximum Gasteiger partial charge on any atom is 0.354 e. The zero-order chi connectivity index (χ0) is 17.4. The van der Waals surface area contributed by atoms with Crippen molar-refractivity contribution in [1.82, 2.24) is 15.1 Å². The summed E-state index contributed by atoms with van der Waals surface area (Å²) in [6.07, 6.45) is 5.59. The number of fused-ring (bicyclic) bond motifs is 1. The normalized spacial score (nSPS) is 27.0. The highest BCUT2D eigenvalue weighted by atomic mass is 16.5. The first-order valence-electron chi connectivity index (χ1n) is 8.39. The molecule has 0 aromatic carbocycles. The number of nitrogens with one attached hydrogen (secondary N) is 1. The molecule has 0 unspecified atom stereocenters. The van der Waals surface area contributed by atoms with Crippen LogP contribution in [0.3, 0.4) is 0 Å². The van der Waals surface area contributed by atoms with Crippen molar-refractivity contribution in [2.45, 2.75) is 39.2 Å². The number of carbonyl (C=O) groups is 1. The molecule has 3 rings (SSSR count). The number of aromatic carboxylic acids is 1. The van der Waals surface area contributed by atoms with Crippen LogP contribution in [0.4, 0.5) is 0 Å². The fourth-order valence-corrected chi connectivity index (χ4v) is 4.10. The Balaban J connectivity index is 1.98. The van der Waals surface area contributed by atoms with E-state index in [-0.39, 0.29) is 11.7 Å². The van der Waals surface area contributed by atoms with Gasteiger partial charge in [0.05, 0.1) is 24.6 Å². The SMILES string of the molecule is CO/C(C)=C/C1=C(C)N[C@@H](c2cc(C(=O)O)n(C)n2)[C@H]2CCC[C@@H]12. The molecular weight excluding hydrogens is 306 g/mol. The molecule has 2 aliphatic rings. The summed E-state index contributed by atoms with van der Waals surface area (Å²) in [4.78, 5) is 11.3. The van der Waals surface area contributed by atoms with E-state index in [1.807, 2.05) is 6.92 Å². The Kier molecular flexibility index (Phi) is 4.39. The van der Waals surface area contributed by atoms with Gasteiger partial charge in [0.1, 0.15) is 5.69 Å². The summed E-state index contributed by atoms with van der Waals surface area (Å²) >= 11 is 0. The van der Waals surface area contributed by atoms with Gasteiger partial charge >= 0.3 is 5.97 Å². The Morgan fingerprint density at radius 1 is 1.50 bits per heavy atom. The molecule has 0 saturated heterocycles. The predicted molar refractivity (Wildman–Crippen MR) is 90.3 cm³/mol. The summed E-state index contributed by atoms with van der Waals surface area (Å²) in [6, 6.07) is 1.76. The number of carboxylic acids is 1. The second kappa shape index (κ2) is 6.34. The van der Waals surface area contributed by atoms with Crippen LogP contribution in [0.15, 0.2) is 29.2 Å². The van der Waals surface area contributed by atoms with Crippen LogP contribution in [0.1, 0.15) is 55.3 Å². The maximum absolute atomic E-state index is 11.3. The average Bonchev–Trinajstić information content (AvgIpc) is 3.16. The van der Waals surface area contributed by atoms with E-state index in [1.54, 1.807) is 20.2 Å². The van der Waals surface area contributed by atoms with Crippen molar-refractivity contribution in [2.24, 2.45) is 18.9 Å². The van der Waals surface area contributed by atoms with Gasteiger partial charge < -0.3 is 15.2 Å². The van der Waals surface area contributed by atoms with Gasteiger partial charge in [-0.3, -0.25) is 4.68 Å². The number of aromatic nitrogens is 2. The Labute approximate surface area is 142 Å². The number of methoxy groups -OCH3 is 1. The van der Waals surface area contributed by atoms with Gasteiger partial charge in [-0.1, -0.05) is 6.42 Å². The lowest BCUT2D eigenvalue weighted by atomic mass is 9.78. The Morgan fingerprint density at radius 2 is 2.25 bits per heavy atom. The lowest BCUT2D eigenvalue weighted by Crippen LogP contribution is -2.36. The summed E-state index contributed by atoms with van der Waals surface area (Å²) in [5, 5.41) is 17.3. The van der Waals surface area contributed by atoms with Gasteiger partial charge in [0.2, 0.25) is 0 Å². The fourth-order valence-electron chi connectivity index (χ4n) is 4.10. The molecule has 0 spiro atoms.